The van der Waals surface area contributed by atoms with Gasteiger partial charge in [0.1, 0.15) is 16.7 Å². The van der Waals surface area contributed by atoms with Crippen LogP contribution in [0, 0.1) is 6.92 Å². The third kappa shape index (κ3) is 2.57. The Morgan fingerprint density at radius 1 is 1.42 bits per heavy atom. The number of carbonyl (C=O) groups is 1. The Kier molecular flexibility index (Phi) is 4.56. The van der Waals surface area contributed by atoms with Crippen molar-refractivity contribution in [1.29, 1.82) is 0 Å². The highest BCUT2D eigenvalue weighted by Crippen LogP contribution is 2.38. The van der Waals surface area contributed by atoms with E-state index in [0.717, 1.165) is 15.3 Å². The molecule has 0 fully saturated rings. The number of nitrogens with zero attached hydrogens (tertiary/aromatic N) is 2. The Balaban J connectivity index is 2.41. The van der Waals surface area contributed by atoms with E-state index in [1.165, 1.54) is 15.9 Å². The van der Waals surface area contributed by atoms with Crippen molar-refractivity contribution in [2.75, 3.05) is 0 Å². The van der Waals surface area contributed by atoms with Gasteiger partial charge in [-0.1, -0.05) is 19.9 Å². The quantitative estimate of drug-likeness (QED) is 0.742. The lowest BCUT2D eigenvalue weighted by Crippen LogP contribution is -2.33. The highest BCUT2D eigenvalue weighted by Gasteiger charge is 2.26. The molecule has 0 radical (unpaired) electrons. The van der Waals surface area contributed by atoms with Crippen LogP contribution in [0.2, 0.25) is 0 Å². The maximum Gasteiger partial charge on any atom is 0.326 e. The zero-order valence-electron chi connectivity index (χ0n) is 13.7. The number of rotatable bonds is 5. The lowest BCUT2D eigenvalue weighted by Gasteiger charge is -2.17. The third-order valence-electron chi connectivity index (χ3n) is 4.07. The summed E-state index contributed by atoms with van der Waals surface area (Å²) in [6.45, 7) is 5.64. The minimum Gasteiger partial charge on any atom is -0.480 e. The van der Waals surface area contributed by atoms with E-state index < -0.39 is 12.0 Å². The van der Waals surface area contributed by atoms with Gasteiger partial charge in [0.05, 0.1) is 5.39 Å². The van der Waals surface area contributed by atoms with Crippen molar-refractivity contribution in [2.45, 2.75) is 39.7 Å². The van der Waals surface area contributed by atoms with Crippen LogP contribution in [0.4, 0.5) is 0 Å². The highest BCUT2D eigenvalue weighted by molar-refractivity contribution is 7.20. The first-order valence-electron chi connectivity index (χ1n) is 7.80. The summed E-state index contributed by atoms with van der Waals surface area (Å²) in [5.41, 5.74) is 0.637. The van der Waals surface area contributed by atoms with Gasteiger partial charge in [0, 0.05) is 21.7 Å². The summed E-state index contributed by atoms with van der Waals surface area (Å²) >= 11 is 3.06. The first-order chi connectivity index (χ1) is 11.5. The molecule has 0 amide bonds. The van der Waals surface area contributed by atoms with Crippen LogP contribution in [0.5, 0.6) is 0 Å². The highest BCUT2D eigenvalue weighted by atomic mass is 32.1. The van der Waals surface area contributed by atoms with Gasteiger partial charge in [-0.3, -0.25) is 9.36 Å². The summed E-state index contributed by atoms with van der Waals surface area (Å²) in [7, 11) is 0. The van der Waals surface area contributed by atoms with Gasteiger partial charge in [-0.2, -0.15) is 0 Å². The van der Waals surface area contributed by atoms with E-state index in [-0.39, 0.29) is 5.56 Å². The molecule has 0 saturated heterocycles. The fourth-order valence-corrected chi connectivity index (χ4v) is 4.92. The normalized spacial score (nSPS) is 12.6. The summed E-state index contributed by atoms with van der Waals surface area (Å²) in [5, 5.41) is 12.0. The molecule has 3 heterocycles. The van der Waals surface area contributed by atoms with Gasteiger partial charge in [0.25, 0.3) is 5.56 Å². The predicted octanol–water partition coefficient (Wildman–Crippen LogP) is 4.09. The van der Waals surface area contributed by atoms with Gasteiger partial charge in [0.15, 0.2) is 0 Å². The van der Waals surface area contributed by atoms with E-state index in [9.17, 15) is 14.7 Å². The van der Waals surface area contributed by atoms with Gasteiger partial charge >= 0.3 is 5.97 Å². The van der Waals surface area contributed by atoms with E-state index in [2.05, 4.69) is 4.98 Å². The van der Waals surface area contributed by atoms with Crippen LogP contribution in [-0.4, -0.2) is 20.6 Å². The molecule has 1 unspecified atom stereocenters. The van der Waals surface area contributed by atoms with Crippen molar-refractivity contribution in [1.82, 2.24) is 9.55 Å². The molecule has 0 aliphatic carbocycles. The number of aromatic nitrogens is 2. The monoisotopic (exact) mass is 362 g/mol. The summed E-state index contributed by atoms with van der Waals surface area (Å²) in [6.07, 6.45) is 0.854. The molecule has 0 bridgehead atoms. The van der Waals surface area contributed by atoms with Crippen molar-refractivity contribution in [3.05, 3.63) is 38.6 Å². The molecule has 126 valence electrons. The minimum absolute atomic E-state index is 0.251. The Bertz CT molecular complexity index is 955. The number of hydrogen-bond acceptors (Lipinski definition) is 5. The van der Waals surface area contributed by atoms with Crippen LogP contribution in [0.25, 0.3) is 20.7 Å². The topological polar surface area (TPSA) is 72.2 Å². The van der Waals surface area contributed by atoms with Crippen LogP contribution < -0.4 is 5.56 Å². The van der Waals surface area contributed by atoms with Crippen LogP contribution in [0.15, 0.2) is 22.3 Å². The number of aryl methyl sites for hydroxylation is 2. The number of thiophene rings is 2. The van der Waals surface area contributed by atoms with E-state index in [4.69, 9.17) is 0 Å². The molecule has 3 aromatic heterocycles. The molecule has 0 aromatic carbocycles. The number of aliphatic carboxylic acids is 1. The Hall–Kier alpha value is -1.99. The largest absolute Gasteiger partial charge is 0.480 e. The van der Waals surface area contributed by atoms with E-state index in [0.29, 0.717) is 28.9 Å². The number of hydrogen-bond donors (Lipinski definition) is 1. The van der Waals surface area contributed by atoms with Crippen LogP contribution in [0.1, 0.15) is 37.0 Å². The average molecular weight is 362 g/mol. The second-order valence-corrected chi connectivity index (χ2v) is 7.66. The zero-order valence-corrected chi connectivity index (χ0v) is 15.3. The van der Waals surface area contributed by atoms with Crippen molar-refractivity contribution in [3.63, 3.8) is 0 Å². The van der Waals surface area contributed by atoms with Crippen LogP contribution in [0.3, 0.4) is 0 Å². The van der Waals surface area contributed by atoms with Gasteiger partial charge < -0.3 is 5.11 Å². The lowest BCUT2D eigenvalue weighted by atomic mass is 10.1. The van der Waals surface area contributed by atoms with E-state index in [1.807, 2.05) is 31.4 Å². The Morgan fingerprint density at radius 2 is 2.17 bits per heavy atom. The molecule has 3 aromatic rings. The van der Waals surface area contributed by atoms with E-state index >= 15 is 0 Å². The molecule has 1 N–H and O–H groups in total. The summed E-state index contributed by atoms with van der Waals surface area (Å²) in [4.78, 5) is 32.2. The van der Waals surface area contributed by atoms with Crippen LogP contribution in [-0.2, 0) is 11.2 Å². The number of carboxylic acids is 1. The first kappa shape index (κ1) is 16.9. The molecule has 3 rings (SSSR count). The maximum absolute atomic E-state index is 13.2. The second kappa shape index (κ2) is 6.49. The first-order valence-corrected chi connectivity index (χ1v) is 9.50. The minimum atomic E-state index is -1.000. The lowest BCUT2D eigenvalue weighted by molar-refractivity contribution is -0.141. The fourth-order valence-electron chi connectivity index (χ4n) is 2.97. The molecule has 0 aliphatic heterocycles. The molecule has 0 saturated carbocycles. The van der Waals surface area contributed by atoms with Gasteiger partial charge in [-0.25, -0.2) is 9.78 Å². The fraction of sp³-hybridized carbons (Fsp3) is 0.353. The van der Waals surface area contributed by atoms with Crippen LogP contribution >= 0.6 is 22.7 Å². The molecule has 24 heavy (non-hydrogen) atoms. The SMILES string of the molecule is CCc1nc2sc(C)c(-c3cccs3)c2c(=O)n1C(CC)C(=O)O. The predicted molar refractivity (Wildman–Crippen MR) is 98.3 cm³/mol. The van der Waals surface area contributed by atoms with Crippen molar-refractivity contribution in [2.24, 2.45) is 0 Å². The van der Waals surface area contributed by atoms with Gasteiger partial charge in [-0.15, -0.1) is 22.7 Å². The molecular weight excluding hydrogens is 344 g/mol. The summed E-state index contributed by atoms with van der Waals surface area (Å²) < 4.78 is 1.37. The molecule has 0 spiro atoms. The van der Waals surface area contributed by atoms with Gasteiger partial charge in [-0.05, 0) is 24.8 Å². The molecule has 7 heteroatoms. The second-order valence-electron chi connectivity index (χ2n) is 5.51. The van der Waals surface area contributed by atoms with Gasteiger partial charge in [0.2, 0.25) is 0 Å². The Labute approximate surface area is 147 Å². The Morgan fingerprint density at radius 3 is 2.71 bits per heavy atom. The van der Waals surface area contributed by atoms with Crippen molar-refractivity contribution >= 4 is 38.9 Å². The molecular formula is C17H18N2O3S2. The third-order valence-corrected chi connectivity index (χ3v) is 5.96. The standard InChI is InChI=1S/C17H18N2O3S2/c1-4-10(17(21)22)19-12(5-2)18-15-14(16(19)20)13(9(3)24-15)11-7-6-8-23-11/h6-8,10H,4-5H2,1-3H3,(H,21,22). The van der Waals surface area contributed by atoms with Crippen molar-refractivity contribution < 1.29 is 9.90 Å². The molecule has 5 nitrogen and oxygen atoms in total. The van der Waals surface area contributed by atoms with Crippen molar-refractivity contribution in [3.8, 4) is 10.4 Å². The number of carboxylic acid groups (broad SMARTS) is 1. The summed E-state index contributed by atoms with van der Waals surface area (Å²) in [6, 6.07) is 3.03. The molecule has 1 atom stereocenters. The zero-order chi connectivity index (χ0) is 17.4. The van der Waals surface area contributed by atoms with E-state index in [1.54, 1.807) is 18.3 Å². The number of fused-ring (bicyclic) bond motifs is 1. The smallest absolute Gasteiger partial charge is 0.326 e. The maximum atomic E-state index is 13.2. The summed E-state index contributed by atoms with van der Waals surface area (Å²) in [5.74, 6) is -0.471. The molecule has 0 aliphatic rings. The average Bonchev–Trinajstić information content (AvgIpc) is 3.16.